The second-order valence-corrected chi connectivity index (χ2v) is 8.66. The van der Waals surface area contributed by atoms with Gasteiger partial charge in [0.25, 0.3) is 0 Å². The van der Waals surface area contributed by atoms with E-state index in [-0.39, 0.29) is 11.3 Å². The summed E-state index contributed by atoms with van der Waals surface area (Å²) < 4.78 is 5.23. The van der Waals surface area contributed by atoms with E-state index in [4.69, 9.17) is 4.74 Å². The van der Waals surface area contributed by atoms with Crippen molar-refractivity contribution >= 4 is 17.2 Å². The molecule has 0 saturated carbocycles. The number of ether oxygens (including phenoxy) is 1. The van der Waals surface area contributed by atoms with E-state index >= 15 is 0 Å². The van der Waals surface area contributed by atoms with Crippen LogP contribution in [0.25, 0.3) is 0 Å². The molecule has 0 radical (unpaired) electrons. The van der Waals surface area contributed by atoms with Crippen LogP contribution in [0.1, 0.15) is 29.1 Å². The summed E-state index contributed by atoms with van der Waals surface area (Å²) >= 11 is 1.65. The maximum Gasteiger partial charge on any atom is 0.223 e. The van der Waals surface area contributed by atoms with Crippen LogP contribution in [-0.2, 0) is 17.9 Å². The molecule has 4 rings (SSSR count). The SMILES string of the molecule is COc1ccc(CN2CC[C@]3(CC(=O)N(Cc4csc(C)n4)C3)C2)cc1. The van der Waals surface area contributed by atoms with Crippen LogP contribution in [0.5, 0.6) is 5.75 Å². The predicted octanol–water partition coefficient (Wildman–Crippen LogP) is 3.08. The third-order valence-electron chi connectivity index (χ3n) is 5.51. The van der Waals surface area contributed by atoms with Gasteiger partial charge in [0.2, 0.25) is 5.91 Å². The maximum atomic E-state index is 12.6. The van der Waals surface area contributed by atoms with Gasteiger partial charge in [0.15, 0.2) is 0 Å². The van der Waals surface area contributed by atoms with Crippen molar-refractivity contribution in [1.82, 2.24) is 14.8 Å². The van der Waals surface area contributed by atoms with E-state index in [0.29, 0.717) is 13.0 Å². The Morgan fingerprint density at radius 3 is 2.73 bits per heavy atom. The van der Waals surface area contributed by atoms with Gasteiger partial charge in [0, 0.05) is 36.9 Å². The standard InChI is InChI=1S/C20H25N3O2S/c1-15-21-17(12-26-15)11-23-14-20(9-19(23)24)7-8-22(13-20)10-16-3-5-18(25-2)6-4-16/h3-6,12H,7-11,13-14H2,1-2H3/t20-/m0/s1. The van der Waals surface area contributed by atoms with Crippen LogP contribution in [0.4, 0.5) is 0 Å². The van der Waals surface area contributed by atoms with Crippen molar-refractivity contribution in [2.75, 3.05) is 26.7 Å². The Labute approximate surface area is 158 Å². The van der Waals surface area contributed by atoms with Crippen molar-refractivity contribution in [2.24, 2.45) is 5.41 Å². The number of rotatable bonds is 5. The second kappa shape index (κ2) is 7.00. The topological polar surface area (TPSA) is 45.7 Å². The minimum atomic E-state index is 0.120. The average molecular weight is 372 g/mol. The summed E-state index contributed by atoms with van der Waals surface area (Å²) in [5.41, 5.74) is 2.43. The summed E-state index contributed by atoms with van der Waals surface area (Å²) in [5.74, 6) is 1.17. The number of benzene rings is 1. The highest BCUT2D eigenvalue weighted by atomic mass is 32.1. The molecule has 1 atom stereocenters. The third-order valence-corrected chi connectivity index (χ3v) is 6.33. The molecule has 1 spiro atoms. The summed E-state index contributed by atoms with van der Waals surface area (Å²) in [5, 5.41) is 3.13. The van der Waals surface area contributed by atoms with Crippen molar-refractivity contribution in [3.8, 4) is 5.75 Å². The molecule has 3 heterocycles. The lowest BCUT2D eigenvalue weighted by atomic mass is 9.86. The van der Waals surface area contributed by atoms with E-state index in [1.165, 1.54) is 5.56 Å². The van der Waals surface area contributed by atoms with Crippen LogP contribution in [0, 0.1) is 12.3 Å². The molecule has 2 aliphatic heterocycles. The molecule has 0 unspecified atom stereocenters. The van der Waals surface area contributed by atoms with Crippen LogP contribution in [0.3, 0.4) is 0 Å². The lowest BCUT2D eigenvalue weighted by Gasteiger charge is -2.24. The molecular weight excluding hydrogens is 346 g/mol. The number of thiazole rings is 1. The lowest BCUT2D eigenvalue weighted by molar-refractivity contribution is -0.128. The number of amides is 1. The van der Waals surface area contributed by atoms with E-state index in [1.54, 1.807) is 18.4 Å². The van der Waals surface area contributed by atoms with Gasteiger partial charge in [0.05, 0.1) is 24.4 Å². The second-order valence-electron chi connectivity index (χ2n) is 7.59. The highest BCUT2D eigenvalue weighted by Gasteiger charge is 2.47. The smallest absolute Gasteiger partial charge is 0.223 e. The first-order valence-electron chi connectivity index (χ1n) is 9.09. The van der Waals surface area contributed by atoms with Gasteiger partial charge in [-0.15, -0.1) is 11.3 Å². The molecular formula is C20H25N3O2S. The van der Waals surface area contributed by atoms with Gasteiger partial charge in [-0.3, -0.25) is 9.69 Å². The number of aromatic nitrogens is 1. The van der Waals surface area contributed by atoms with E-state index in [2.05, 4.69) is 27.4 Å². The van der Waals surface area contributed by atoms with E-state index in [0.717, 1.165) is 49.1 Å². The molecule has 2 fully saturated rings. The Balaban J connectivity index is 1.37. The molecule has 26 heavy (non-hydrogen) atoms. The van der Waals surface area contributed by atoms with Gasteiger partial charge in [-0.25, -0.2) is 4.98 Å². The van der Waals surface area contributed by atoms with Crippen molar-refractivity contribution < 1.29 is 9.53 Å². The summed E-state index contributed by atoms with van der Waals surface area (Å²) in [6.45, 7) is 6.52. The van der Waals surface area contributed by atoms with Crippen LogP contribution in [0.15, 0.2) is 29.6 Å². The number of hydrogen-bond acceptors (Lipinski definition) is 5. The molecule has 0 aliphatic carbocycles. The zero-order chi connectivity index (χ0) is 18.1. The van der Waals surface area contributed by atoms with Crippen LogP contribution < -0.4 is 4.74 Å². The Kier molecular flexibility index (Phi) is 4.71. The van der Waals surface area contributed by atoms with Gasteiger partial charge < -0.3 is 9.64 Å². The number of hydrogen-bond donors (Lipinski definition) is 0. The van der Waals surface area contributed by atoms with Crippen molar-refractivity contribution in [3.63, 3.8) is 0 Å². The highest BCUT2D eigenvalue weighted by Crippen LogP contribution is 2.41. The van der Waals surface area contributed by atoms with Crippen LogP contribution >= 0.6 is 11.3 Å². The molecule has 138 valence electrons. The van der Waals surface area contributed by atoms with Crippen molar-refractivity contribution in [2.45, 2.75) is 32.9 Å². The van der Waals surface area contributed by atoms with E-state index in [9.17, 15) is 4.79 Å². The number of aryl methyl sites for hydroxylation is 1. The Morgan fingerprint density at radius 2 is 2.04 bits per heavy atom. The van der Waals surface area contributed by atoms with Gasteiger partial charge in [-0.05, 0) is 37.6 Å². The molecule has 5 nitrogen and oxygen atoms in total. The molecule has 2 aromatic rings. The molecule has 1 aromatic carbocycles. The van der Waals surface area contributed by atoms with Gasteiger partial charge in [0.1, 0.15) is 5.75 Å². The number of carbonyl (C=O) groups is 1. The van der Waals surface area contributed by atoms with Crippen molar-refractivity contribution in [1.29, 1.82) is 0 Å². The third kappa shape index (κ3) is 3.62. The number of likely N-dealkylation sites (tertiary alicyclic amines) is 2. The zero-order valence-corrected chi connectivity index (χ0v) is 16.2. The Hall–Kier alpha value is -1.92. The largest absolute Gasteiger partial charge is 0.497 e. The number of carbonyl (C=O) groups excluding carboxylic acids is 1. The van der Waals surface area contributed by atoms with Gasteiger partial charge in [-0.2, -0.15) is 0 Å². The highest BCUT2D eigenvalue weighted by molar-refractivity contribution is 7.09. The molecule has 0 bridgehead atoms. The number of nitrogens with zero attached hydrogens (tertiary/aromatic N) is 3. The molecule has 6 heteroatoms. The summed E-state index contributed by atoms with van der Waals surface area (Å²) in [6.07, 6.45) is 1.77. The fourth-order valence-corrected chi connectivity index (χ4v) is 4.83. The van der Waals surface area contributed by atoms with Crippen LogP contribution in [0.2, 0.25) is 0 Å². The lowest BCUT2D eigenvalue weighted by Crippen LogP contribution is -2.31. The van der Waals surface area contributed by atoms with E-state index < -0.39 is 0 Å². The monoisotopic (exact) mass is 371 g/mol. The Morgan fingerprint density at radius 1 is 1.23 bits per heavy atom. The van der Waals surface area contributed by atoms with E-state index in [1.807, 2.05) is 24.0 Å². The first-order chi connectivity index (χ1) is 12.5. The first-order valence-corrected chi connectivity index (χ1v) is 9.97. The molecule has 2 saturated heterocycles. The summed E-state index contributed by atoms with van der Waals surface area (Å²) in [4.78, 5) is 21.5. The number of methoxy groups -OCH3 is 1. The van der Waals surface area contributed by atoms with Crippen molar-refractivity contribution in [3.05, 3.63) is 45.9 Å². The fraction of sp³-hybridized carbons (Fsp3) is 0.500. The molecule has 1 aromatic heterocycles. The quantitative estimate of drug-likeness (QED) is 0.810. The maximum absolute atomic E-state index is 12.6. The predicted molar refractivity (Wildman–Crippen MR) is 102 cm³/mol. The summed E-state index contributed by atoms with van der Waals surface area (Å²) in [6, 6.07) is 8.27. The zero-order valence-electron chi connectivity index (χ0n) is 15.4. The normalized spacial score (nSPS) is 23.3. The molecule has 2 aliphatic rings. The summed E-state index contributed by atoms with van der Waals surface area (Å²) in [7, 11) is 1.69. The fourth-order valence-electron chi connectivity index (χ4n) is 4.23. The minimum Gasteiger partial charge on any atom is -0.497 e. The Bertz CT molecular complexity index is 789. The molecule has 1 amide bonds. The average Bonchev–Trinajstić information content (AvgIpc) is 3.29. The van der Waals surface area contributed by atoms with Gasteiger partial charge in [-0.1, -0.05) is 12.1 Å². The molecule has 0 N–H and O–H groups in total. The first kappa shape index (κ1) is 17.5. The van der Waals surface area contributed by atoms with Gasteiger partial charge >= 0.3 is 0 Å². The van der Waals surface area contributed by atoms with Crippen LogP contribution in [-0.4, -0.2) is 47.4 Å². The minimum absolute atomic E-state index is 0.120.